The van der Waals surface area contributed by atoms with E-state index in [1.54, 1.807) is 18.5 Å². The summed E-state index contributed by atoms with van der Waals surface area (Å²) in [6.07, 6.45) is 3.34. The number of carbonyl (C=O) groups is 1. The third kappa shape index (κ3) is 4.14. The summed E-state index contributed by atoms with van der Waals surface area (Å²) in [6, 6.07) is 18.9. The Morgan fingerprint density at radius 3 is 2.39 bits per heavy atom. The number of carbonyl (C=O) groups excluding carboxylic acids is 1. The number of hydrogen-bond donors (Lipinski definition) is 2. The van der Waals surface area contributed by atoms with E-state index in [0.29, 0.717) is 12.2 Å². The Morgan fingerprint density at radius 1 is 0.870 bits per heavy atom. The molecule has 0 saturated carbocycles. The standard InChI is InChI=1S/C18H16N4O/c23-18(21-12-15-8-4-5-11-19-15)17-10-9-16(13-20-17)22-14-6-2-1-3-7-14/h1-11,13,22H,12H2,(H,21,23). The molecule has 0 radical (unpaired) electrons. The second-order valence-corrected chi connectivity index (χ2v) is 4.93. The average molecular weight is 304 g/mol. The van der Waals surface area contributed by atoms with E-state index in [1.807, 2.05) is 54.6 Å². The molecule has 0 aliphatic heterocycles. The Labute approximate surface area is 134 Å². The smallest absolute Gasteiger partial charge is 0.270 e. The van der Waals surface area contributed by atoms with Gasteiger partial charge >= 0.3 is 0 Å². The van der Waals surface area contributed by atoms with Crippen LogP contribution >= 0.6 is 0 Å². The van der Waals surface area contributed by atoms with Crippen molar-refractivity contribution in [2.75, 3.05) is 5.32 Å². The van der Waals surface area contributed by atoms with E-state index < -0.39 is 0 Å². The summed E-state index contributed by atoms with van der Waals surface area (Å²) in [6.45, 7) is 0.380. The Hall–Kier alpha value is -3.21. The highest BCUT2D eigenvalue weighted by Gasteiger charge is 2.07. The number of rotatable bonds is 5. The largest absolute Gasteiger partial charge is 0.354 e. The van der Waals surface area contributed by atoms with Crippen LogP contribution in [0.15, 0.2) is 73.1 Å². The molecule has 5 heteroatoms. The molecule has 2 N–H and O–H groups in total. The van der Waals surface area contributed by atoms with Gasteiger partial charge in [0.15, 0.2) is 0 Å². The summed E-state index contributed by atoms with van der Waals surface area (Å²) in [7, 11) is 0. The zero-order valence-corrected chi connectivity index (χ0v) is 12.4. The molecular weight excluding hydrogens is 288 g/mol. The monoisotopic (exact) mass is 304 g/mol. The second-order valence-electron chi connectivity index (χ2n) is 4.93. The van der Waals surface area contributed by atoms with Gasteiger partial charge in [-0.25, -0.2) is 4.98 Å². The van der Waals surface area contributed by atoms with E-state index in [9.17, 15) is 4.79 Å². The maximum absolute atomic E-state index is 12.1. The summed E-state index contributed by atoms with van der Waals surface area (Å²) < 4.78 is 0. The van der Waals surface area contributed by atoms with Gasteiger partial charge in [0.2, 0.25) is 0 Å². The lowest BCUT2D eigenvalue weighted by Gasteiger charge is -2.07. The first-order valence-corrected chi connectivity index (χ1v) is 7.27. The number of nitrogens with one attached hydrogen (secondary N) is 2. The summed E-state index contributed by atoms with van der Waals surface area (Å²) in [5.41, 5.74) is 2.99. The fraction of sp³-hybridized carbons (Fsp3) is 0.0556. The number of pyridine rings is 2. The van der Waals surface area contributed by atoms with Crippen molar-refractivity contribution in [2.45, 2.75) is 6.54 Å². The van der Waals surface area contributed by atoms with Gasteiger partial charge in [-0.15, -0.1) is 0 Å². The molecule has 0 unspecified atom stereocenters. The van der Waals surface area contributed by atoms with E-state index >= 15 is 0 Å². The SMILES string of the molecule is O=C(NCc1ccccn1)c1ccc(Nc2ccccc2)cn1. The van der Waals surface area contributed by atoms with Crippen LogP contribution in [0.1, 0.15) is 16.2 Å². The molecule has 0 atom stereocenters. The minimum absolute atomic E-state index is 0.220. The minimum atomic E-state index is -0.220. The van der Waals surface area contributed by atoms with Gasteiger partial charge in [-0.2, -0.15) is 0 Å². The summed E-state index contributed by atoms with van der Waals surface area (Å²) in [4.78, 5) is 20.4. The van der Waals surface area contributed by atoms with E-state index in [1.165, 1.54) is 0 Å². The number of hydrogen-bond acceptors (Lipinski definition) is 4. The van der Waals surface area contributed by atoms with E-state index in [2.05, 4.69) is 20.6 Å². The highest BCUT2D eigenvalue weighted by molar-refractivity contribution is 5.92. The Bertz CT molecular complexity index is 758. The predicted molar refractivity (Wildman–Crippen MR) is 89.4 cm³/mol. The fourth-order valence-corrected chi connectivity index (χ4v) is 2.05. The lowest BCUT2D eigenvalue weighted by molar-refractivity contribution is 0.0945. The molecule has 0 bridgehead atoms. The first-order chi connectivity index (χ1) is 11.3. The molecule has 5 nitrogen and oxygen atoms in total. The lowest BCUT2D eigenvalue weighted by atomic mass is 10.2. The predicted octanol–water partition coefficient (Wildman–Crippen LogP) is 3.15. The normalized spacial score (nSPS) is 10.1. The molecule has 2 aromatic heterocycles. The van der Waals surface area contributed by atoms with Gasteiger partial charge in [0.1, 0.15) is 5.69 Å². The number of amides is 1. The van der Waals surface area contributed by atoms with Crippen molar-refractivity contribution in [1.29, 1.82) is 0 Å². The topological polar surface area (TPSA) is 66.9 Å². The third-order valence-corrected chi connectivity index (χ3v) is 3.21. The van der Waals surface area contributed by atoms with Crippen LogP contribution < -0.4 is 10.6 Å². The van der Waals surface area contributed by atoms with Crippen LogP contribution in [0.2, 0.25) is 0 Å². The number of nitrogens with zero attached hydrogens (tertiary/aromatic N) is 2. The number of para-hydroxylation sites is 1. The van der Waals surface area contributed by atoms with Crippen molar-refractivity contribution in [1.82, 2.24) is 15.3 Å². The lowest BCUT2D eigenvalue weighted by Crippen LogP contribution is -2.24. The van der Waals surface area contributed by atoms with E-state index in [-0.39, 0.29) is 5.91 Å². The molecule has 2 heterocycles. The highest BCUT2D eigenvalue weighted by atomic mass is 16.1. The Morgan fingerprint density at radius 2 is 1.70 bits per heavy atom. The third-order valence-electron chi connectivity index (χ3n) is 3.21. The van der Waals surface area contributed by atoms with E-state index in [4.69, 9.17) is 0 Å². The Balaban J connectivity index is 1.59. The Kier molecular flexibility index (Phi) is 4.59. The van der Waals surface area contributed by atoms with Crippen molar-refractivity contribution in [3.05, 3.63) is 84.4 Å². The summed E-state index contributed by atoms with van der Waals surface area (Å²) >= 11 is 0. The number of aromatic nitrogens is 2. The minimum Gasteiger partial charge on any atom is -0.354 e. The fourth-order valence-electron chi connectivity index (χ4n) is 2.05. The van der Waals surface area contributed by atoms with Gasteiger partial charge in [-0.05, 0) is 36.4 Å². The summed E-state index contributed by atoms with van der Waals surface area (Å²) in [5.74, 6) is -0.220. The van der Waals surface area contributed by atoms with Crippen LogP contribution in [0.3, 0.4) is 0 Å². The molecule has 0 saturated heterocycles. The second kappa shape index (κ2) is 7.17. The average Bonchev–Trinajstić information content (AvgIpc) is 2.62. The van der Waals surface area contributed by atoms with Crippen LogP contribution in [-0.2, 0) is 6.54 Å². The molecule has 1 aromatic carbocycles. The molecule has 1 amide bonds. The van der Waals surface area contributed by atoms with Crippen molar-refractivity contribution in [3.63, 3.8) is 0 Å². The zero-order chi connectivity index (χ0) is 15.9. The van der Waals surface area contributed by atoms with Gasteiger partial charge in [0.25, 0.3) is 5.91 Å². The van der Waals surface area contributed by atoms with Gasteiger partial charge in [0, 0.05) is 11.9 Å². The molecule has 0 spiro atoms. The van der Waals surface area contributed by atoms with Gasteiger partial charge in [-0.3, -0.25) is 9.78 Å². The van der Waals surface area contributed by atoms with E-state index in [0.717, 1.165) is 17.1 Å². The van der Waals surface area contributed by atoms with Crippen LogP contribution in [-0.4, -0.2) is 15.9 Å². The van der Waals surface area contributed by atoms with Crippen molar-refractivity contribution < 1.29 is 4.79 Å². The molecule has 23 heavy (non-hydrogen) atoms. The molecule has 0 aliphatic carbocycles. The first kappa shape index (κ1) is 14.7. The van der Waals surface area contributed by atoms with Crippen LogP contribution in [0.4, 0.5) is 11.4 Å². The first-order valence-electron chi connectivity index (χ1n) is 7.27. The molecule has 0 fully saturated rings. The quantitative estimate of drug-likeness (QED) is 0.760. The van der Waals surface area contributed by atoms with Crippen molar-refractivity contribution >= 4 is 17.3 Å². The number of benzene rings is 1. The molecule has 114 valence electrons. The van der Waals surface area contributed by atoms with Crippen molar-refractivity contribution in [2.24, 2.45) is 0 Å². The highest BCUT2D eigenvalue weighted by Crippen LogP contribution is 2.15. The van der Waals surface area contributed by atoms with Crippen LogP contribution in [0, 0.1) is 0 Å². The molecule has 3 aromatic rings. The maximum Gasteiger partial charge on any atom is 0.270 e. The van der Waals surface area contributed by atoms with Crippen LogP contribution in [0.5, 0.6) is 0 Å². The zero-order valence-electron chi connectivity index (χ0n) is 12.4. The molecule has 0 aliphatic rings. The summed E-state index contributed by atoms with van der Waals surface area (Å²) in [5, 5.41) is 6.02. The van der Waals surface area contributed by atoms with Crippen molar-refractivity contribution in [3.8, 4) is 0 Å². The van der Waals surface area contributed by atoms with Gasteiger partial charge in [0.05, 0.1) is 24.1 Å². The number of anilines is 2. The van der Waals surface area contributed by atoms with Gasteiger partial charge in [-0.1, -0.05) is 24.3 Å². The molecule has 3 rings (SSSR count). The van der Waals surface area contributed by atoms with Gasteiger partial charge < -0.3 is 10.6 Å². The molecular formula is C18H16N4O. The maximum atomic E-state index is 12.1. The van der Waals surface area contributed by atoms with Crippen LogP contribution in [0.25, 0.3) is 0 Å².